The van der Waals surface area contributed by atoms with E-state index in [4.69, 9.17) is 32.7 Å². The summed E-state index contributed by atoms with van der Waals surface area (Å²) in [5, 5.41) is 0. The van der Waals surface area contributed by atoms with Crippen LogP contribution in [0.15, 0.2) is 42.9 Å². The summed E-state index contributed by atoms with van der Waals surface area (Å²) in [6, 6.07) is 5.77. The molecule has 0 saturated carbocycles. The standard InChI is InChI=1S/C26H28N3O11P/c1-34-22-18(7-6-9-27-22)26(32)40-17-12-20(24(36-3)29-14-17)25(31)39-10-8-16-11-19(23(35-2)28-13-16)21(30)15-41(33,37-4)38-5/h6-7,9,11-14H,8,10,15H2,1-5H3. The van der Waals surface area contributed by atoms with Gasteiger partial charge in [0.2, 0.25) is 17.6 Å². The summed E-state index contributed by atoms with van der Waals surface area (Å²) < 4.78 is 48.2. The van der Waals surface area contributed by atoms with Crippen LogP contribution < -0.4 is 18.9 Å². The Morgan fingerprint density at radius 3 is 2.07 bits per heavy atom. The molecule has 3 rings (SSSR count). The molecular formula is C26H28N3O11P. The Hall–Kier alpha value is -4.39. The Bertz CT molecular complexity index is 1460. The first-order valence-corrected chi connectivity index (χ1v) is 13.6. The van der Waals surface area contributed by atoms with Crippen molar-refractivity contribution in [1.82, 2.24) is 15.0 Å². The zero-order valence-corrected chi connectivity index (χ0v) is 23.8. The molecular weight excluding hydrogens is 561 g/mol. The highest BCUT2D eigenvalue weighted by atomic mass is 31.2. The topological polar surface area (TPSA) is 172 Å². The van der Waals surface area contributed by atoms with Crippen molar-refractivity contribution in [2.45, 2.75) is 6.42 Å². The fraction of sp³-hybridized carbons (Fsp3) is 0.308. The molecule has 41 heavy (non-hydrogen) atoms. The van der Waals surface area contributed by atoms with Gasteiger partial charge >= 0.3 is 19.5 Å². The van der Waals surface area contributed by atoms with Gasteiger partial charge in [-0.15, -0.1) is 0 Å². The second-order valence-corrected chi connectivity index (χ2v) is 10.3. The SMILES string of the molecule is COc1ncc(CCOC(=O)c2cc(OC(=O)c3cccnc3OC)cnc2OC)cc1C(=O)CP(=O)(OC)OC. The van der Waals surface area contributed by atoms with E-state index in [2.05, 4.69) is 15.0 Å². The van der Waals surface area contributed by atoms with Gasteiger partial charge in [0.1, 0.15) is 17.3 Å². The number of nitrogens with zero attached hydrogens (tertiary/aromatic N) is 3. The molecule has 0 atom stereocenters. The van der Waals surface area contributed by atoms with E-state index in [1.807, 2.05) is 0 Å². The van der Waals surface area contributed by atoms with Crippen LogP contribution in [0.3, 0.4) is 0 Å². The van der Waals surface area contributed by atoms with Gasteiger partial charge in [0.25, 0.3) is 0 Å². The summed E-state index contributed by atoms with van der Waals surface area (Å²) in [7, 11) is 2.76. The smallest absolute Gasteiger partial charge is 0.349 e. The molecule has 0 saturated heterocycles. The Kier molecular flexibility index (Phi) is 10.9. The molecule has 3 aromatic rings. The molecule has 14 nitrogen and oxygen atoms in total. The summed E-state index contributed by atoms with van der Waals surface area (Å²) in [6.07, 6.45) is 3.77. The van der Waals surface area contributed by atoms with Crippen LogP contribution in [0.4, 0.5) is 0 Å². The Balaban J connectivity index is 1.71. The summed E-state index contributed by atoms with van der Waals surface area (Å²) in [5.74, 6) is -2.13. The third kappa shape index (κ3) is 7.84. The Morgan fingerprint density at radius 1 is 0.780 bits per heavy atom. The molecule has 218 valence electrons. The number of carbonyl (C=O) groups excluding carboxylic acids is 3. The summed E-state index contributed by atoms with van der Waals surface area (Å²) >= 11 is 0. The van der Waals surface area contributed by atoms with Crippen LogP contribution in [0.25, 0.3) is 0 Å². The predicted octanol–water partition coefficient (Wildman–Crippen LogP) is 3.18. The van der Waals surface area contributed by atoms with E-state index in [1.165, 1.54) is 72.3 Å². The van der Waals surface area contributed by atoms with E-state index in [1.54, 1.807) is 6.07 Å². The molecule has 15 heteroatoms. The number of esters is 2. The van der Waals surface area contributed by atoms with Crippen LogP contribution in [0.2, 0.25) is 0 Å². The fourth-order valence-corrected chi connectivity index (χ4v) is 4.40. The number of hydrogen-bond donors (Lipinski definition) is 0. The zero-order valence-electron chi connectivity index (χ0n) is 22.9. The van der Waals surface area contributed by atoms with Crippen molar-refractivity contribution in [3.63, 3.8) is 0 Å². The molecule has 0 amide bonds. The van der Waals surface area contributed by atoms with E-state index < -0.39 is 31.5 Å². The summed E-state index contributed by atoms with van der Waals surface area (Å²) in [6.45, 7) is -0.116. The van der Waals surface area contributed by atoms with Crippen LogP contribution in [0.1, 0.15) is 36.6 Å². The van der Waals surface area contributed by atoms with Gasteiger partial charge in [-0.2, -0.15) is 0 Å². The van der Waals surface area contributed by atoms with Crippen LogP contribution >= 0.6 is 7.60 Å². The minimum Gasteiger partial charge on any atom is -0.480 e. The van der Waals surface area contributed by atoms with Gasteiger partial charge in [0, 0.05) is 39.1 Å². The van der Waals surface area contributed by atoms with E-state index in [0.717, 1.165) is 0 Å². The van der Waals surface area contributed by atoms with Crippen molar-refractivity contribution in [2.24, 2.45) is 0 Å². The summed E-state index contributed by atoms with van der Waals surface area (Å²) in [5.41, 5.74) is 0.587. The molecule has 0 aliphatic carbocycles. The van der Waals surface area contributed by atoms with E-state index in [0.29, 0.717) is 5.56 Å². The highest BCUT2D eigenvalue weighted by molar-refractivity contribution is 7.54. The number of hydrogen-bond acceptors (Lipinski definition) is 14. The third-order valence-corrected chi connectivity index (χ3v) is 7.34. The lowest BCUT2D eigenvalue weighted by molar-refractivity contribution is 0.0502. The first-order chi connectivity index (χ1) is 19.7. The zero-order chi connectivity index (χ0) is 30.0. The normalized spacial score (nSPS) is 11.0. The van der Waals surface area contributed by atoms with Crippen LogP contribution in [-0.4, -0.2) is 81.0 Å². The highest BCUT2D eigenvalue weighted by Gasteiger charge is 2.28. The summed E-state index contributed by atoms with van der Waals surface area (Å²) in [4.78, 5) is 50.3. The van der Waals surface area contributed by atoms with Gasteiger partial charge in [-0.3, -0.25) is 9.36 Å². The number of methoxy groups -OCH3 is 3. The van der Waals surface area contributed by atoms with Crippen LogP contribution in [-0.2, 0) is 24.8 Å². The first kappa shape index (κ1) is 31.1. The molecule has 3 aromatic heterocycles. The highest BCUT2D eigenvalue weighted by Crippen LogP contribution is 2.46. The van der Waals surface area contributed by atoms with Gasteiger partial charge < -0.3 is 32.7 Å². The predicted molar refractivity (Wildman–Crippen MR) is 142 cm³/mol. The lowest BCUT2D eigenvalue weighted by Gasteiger charge is -2.14. The third-order valence-electron chi connectivity index (χ3n) is 5.55. The molecule has 3 heterocycles. The van der Waals surface area contributed by atoms with Gasteiger partial charge in [-0.05, 0) is 23.8 Å². The number of ketones is 1. The number of aromatic nitrogens is 3. The van der Waals surface area contributed by atoms with Crippen molar-refractivity contribution < 1.29 is 51.7 Å². The van der Waals surface area contributed by atoms with Crippen LogP contribution in [0.5, 0.6) is 23.4 Å². The fourth-order valence-electron chi connectivity index (χ4n) is 3.47. The van der Waals surface area contributed by atoms with Crippen molar-refractivity contribution in [3.05, 3.63) is 65.1 Å². The maximum absolute atomic E-state index is 12.9. The Labute approximate surface area is 235 Å². The van der Waals surface area contributed by atoms with E-state index in [-0.39, 0.29) is 53.1 Å². The minimum atomic E-state index is -3.62. The average Bonchev–Trinajstić information content (AvgIpc) is 3.00. The molecule has 0 N–H and O–H groups in total. The largest absolute Gasteiger partial charge is 0.480 e. The van der Waals surface area contributed by atoms with Gasteiger partial charge in [-0.1, -0.05) is 0 Å². The lowest BCUT2D eigenvalue weighted by Crippen LogP contribution is -2.14. The van der Waals surface area contributed by atoms with Gasteiger partial charge in [0.15, 0.2) is 11.5 Å². The van der Waals surface area contributed by atoms with E-state index in [9.17, 15) is 18.9 Å². The molecule has 0 unspecified atom stereocenters. The van der Waals surface area contributed by atoms with Crippen molar-refractivity contribution in [3.8, 4) is 23.4 Å². The number of ether oxygens (including phenoxy) is 5. The van der Waals surface area contributed by atoms with E-state index >= 15 is 0 Å². The monoisotopic (exact) mass is 589 g/mol. The quantitative estimate of drug-likeness (QED) is 0.152. The second kappa shape index (κ2) is 14.3. The lowest BCUT2D eigenvalue weighted by atomic mass is 10.1. The van der Waals surface area contributed by atoms with Crippen molar-refractivity contribution >= 4 is 25.3 Å². The second-order valence-electron chi connectivity index (χ2n) is 8.02. The van der Waals surface area contributed by atoms with Crippen LogP contribution in [0, 0.1) is 0 Å². The number of carbonyl (C=O) groups is 3. The molecule has 0 fully saturated rings. The van der Waals surface area contributed by atoms with Crippen molar-refractivity contribution in [1.29, 1.82) is 0 Å². The van der Waals surface area contributed by atoms with Crippen molar-refractivity contribution in [2.75, 3.05) is 48.3 Å². The average molecular weight is 589 g/mol. The molecule has 0 aromatic carbocycles. The first-order valence-electron chi connectivity index (χ1n) is 11.9. The molecule has 0 bridgehead atoms. The van der Waals surface area contributed by atoms with Gasteiger partial charge in [-0.25, -0.2) is 24.5 Å². The van der Waals surface area contributed by atoms with Gasteiger partial charge in [0.05, 0.1) is 39.7 Å². The maximum atomic E-state index is 12.9. The molecule has 0 spiro atoms. The molecule has 0 aliphatic rings. The minimum absolute atomic E-state index is 0.0283. The number of pyridine rings is 3. The maximum Gasteiger partial charge on any atom is 0.349 e. The number of rotatable bonds is 14. The number of Topliss-reactive ketones (excluding diaryl/α,β-unsaturated/α-hetero) is 1. The molecule has 0 radical (unpaired) electrons. The molecule has 0 aliphatic heterocycles. The Morgan fingerprint density at radius 2 is 1.41 bits per heavy atom.